The van der Waals surface area contributed by atoms with Gasteiger partial charge in [-0.15, -0.1) is 11.8 Å². The minimum atomic E-state index is 0.661. The molecule has 82 valence electrons. The highest BCUT2D eigenvalue weighted by Crippen LogP contribution is 2.21. The van der Waals surface area contributed by atoms with Crippen molar-refractivity contribution in [1.29, 1.82) is 0 Å². The Bertz CT molecular complexity index is 286. The fourth-order valence-electron chi connectivity index (χ4n) is 1.94. The molecule has 1 heterocycles. The number of hydrogen-bond donors (Lipinski definition) is 1. The van der Waals surface area contributed by atoms with Crippen LogP contribution in [0.2, 0.25) is 0 Å². The predicted octanol–water partition coefficient (Wildman–Crippen LogP) is 3.06. The molecule has 1 aromatic carbocycles. The van der Waals surface area contributed by atoms with Gasteiger partial charge in [0.15, 0.2) is 0 Å². The lowest BCUT2D eigenvalue weighted by atomic mass is 10.1. The molecule has 15 heavy (non-hydrogen) atoms. The van der Waals surface area contributed by atoms with E-state index in [2.05, 4.69) is 54.3 Å². The third-order valence-corrected chi connectivity index (χ3v) is 4.12. The average molecular weight is 221 g/mol. The van der Waals surface area contributed by atoms with Crippen LogP contribution in [0.1, 0.15) is 25.3 Å². The largest absolute Gasteiger partial charge is 0.303 e. The molecule has 1 saturated heterocycles. The van der Waals surface area contributed by atoms with Crippen molar-refractivity contribution in [2.24, 2.45) is 0 Å². The molecule has 0 saturated carbocycles. The van der Waals surface area contributed by atoms with Gasteiger partial charge in [-0.1, -0.05) is 30.3 Å². The number of aryl methyl sites for hydroxylation is 1. The van der Waals surface area contributed by atoms with E-state index in [0.29, 0.717) is 11.4 Å². The molecular weight excluding hydrogens is 202 g/mol. The number of benzene rings is 1. The Hall–Kier alpha value is -0.470. The maximum absolute atomic E-state index is 3.65. The predicted molar refractivity (Wildman–Crippen MR) is 68.2 cm³/mol. The number of rotatable bonds is 3. The van der Waals surface area contributed by atoms with E-state index in [1.54, 1.807) is 0 Å². The summed E-state index contributed by atoms with van der Waals surface area (Å²) in [6.45, 7) is 2.29. The second-order valence-corrected chi connectivity index (χ2v) is 5.55. The summed E-state index contributed by atoms with van der Waals surface area (Å²) in [6, 6.07) is 11.5. The molecule has 0 radical (unpaired) electrons. The first-order chi connectivity index (χ1) is 7.34. The van der Waals surface area contributed by atoms with Crippen molar-refractivity contribution in [3.8, 4) is 0 Å². The molecule has 0 aromatic heterocycles. The molecule has 0 aliphatic carbocycles. The van der Waals surface area contributed by atoms with E-state index in [0.717, 1.165) is 0 Å². The first kappa shape index (κ1) is 11.0. The van der Waals surface area contributed by atoms with Gasteiger partial charge in [-0.2, -0.15) is 0 Å². The molecule has 0 bridgehead atoms. The van der Waals surface area contributed by atoms with Crippen molar-refractivity contribution in [2.45, 2.75) is 37.6 Å². The molecule has 1 N–H and O–H groups in total. The summed E-state index contributed by atoms with van der Waals surface area (Å²) in [6.07, 6.45) is 3.75. The van der Waals surface area contributed by atoms with E-state index < -0.39 is 0 Å². The molecule has 2 heteroatoms. The normalized spacial score (nSPS) is 26.5. The van der Waals surface area contributed by atoms with Gasteiger partial charge in [-0.05, 0) is 37.5 Å². The van der Waals surface area contributed by atoms with E-state index in [1.807, 2.05) is 0 Å². The standard InChI is InChI=1S/C13H19NS/c1-11-9-10-15-13(14-11)8-7-12-5-3-2-4-6-12/h2-6,11,13-14H,7-10H2,1H3. The van der Waals surface area contributed by atoms with Crippen molar-refractivity contribution in [1.82, 2.24) is 5.32 Å². The second kappa shape index (κ2) is 5.57. The first-order valence-corrected chi connectivity index (χ1v) is 6.81. The molecular formula is C13H19NS. The quantitative estimate of drug-likeness (QED) is 0.842. The summed E-state index contributed by atoms with van der Waals surface area (Å²) in [5, 5.41) is 4.31. The summed E-state index contributed by atoms with van der Waals surface area (Å²) >= 11 is 2.08. The van der Waals surface area contributed by atoms with Crippen LogP contribution < -0.4 is 5.32 Å². The van der Waals surface area contributed by atoms with Crippen LogP contribution in [-0.4, -0.2) is 17.2 Å². The molecule has 0 spiro atoms. The molecule has 1 aliphatic rings. The van der Waals surface area contributed by atoms with E-state index in [9.17, 15) is 0 Å². The Kier molecular flexibility index (Phi) is 4.09. The van der Waals surface area contributed by atoms with E-state index in [-0.39, 0.29) is 0 Å². The highest BCUT2D eigenvalue weighted by atomic mass is 32.2. The van der Waals surface area contributed by atoms with Crippen molar-refractivity contribution < 1.29 is 0 Å². The smallest absolute Gasteiger partial charge is 0.0537 e. The van der Waals surface area contributed by atoms with Crippen LogP contribution >= 0.6 is 11.8 Å². The monoisotopic (exact) mass is 221 g/mol. The van der Waals surface area contributed by atoms with Crippen LogP contribution in [0.15, 0.2) is 30.3 Å². The summed E-state index contributed by atoms with van der Waals surface area (Å²) in [7, 11) is 0. The number of hydrogen-bond acceptors (Lipinski definition) is 2. The van der Waals surface area contributed by atoms with Gasteiger partial charge in [0.05, 0.1) is 5.37 Å². The van der Waals surface area contributed by atoms with E-state index in [4.69, 9.17) is 0 Å². The molecule has 1 aromatic rings. The summed E-state index contributed by atoms with van der Waals surface area (Å²) < 4.78 is 0. The highest BCUT2D eigenvalue weighted by molar-refractivity contribution is 7.99. The van der Waals surface area contributed by atoms with Crippen LogP contribution in [0.4, 0.5) is 0 Å². The van der Waals surface area contributed by atoms with Gasteiger partial charge in [0.2, 0.25) is 0 Å². The zero-order chi connectivity index (χ0) is 10.5. The Labute approximate surface area is 96.7 Å². The minimum absolute atomic E-state index is 0.661. The lowest BCUT2D eigenvalue weighted by molar-refractivity contribution is 0.485. The molecule has 1 nitrogen and oxygen atoms in total. The summed E-state index contributed by atoms with van der Waals surface area (Å²) in [4.78, 5) is 0. The maximum Gasteiger partial charge on any atom is 0.0537 e. The Morgan fingerprint density at radius 1 is 1.33 bits per heavy atom. The highest BCUT2D eigenvalue weighted by Gasteiger charge is 2.17. The van der Waals surface area contributed by atoms with Crippen LogP contribution in [-0.2, 0) is 6.42 Å². The number of nitrogens with one attached hydrogen (secondary N) is 1. The number of thioether (sulfide) groups is 1. The van der Waals surface area contributed by atoms with Gasteiger partial charge in [-0.3, -0.25) is 0 Å². The Morgan fingerprint density at radius 3 is 2.87 bits per heavy atom. The van der Waals surface area contributed by atoms with Crippen LogP contribution in [0.5, 0.6) is 0 Å². The minimum Gasteiger partial charge on any atom is -0.303 e. The van der Waals surface area contributed by atoms with Crippen LogP contribution in [0.3, 0.4) is 0 Å². The van der Waals surface area contributed by atoms with Crippen LogP contribution in [0.25, 0.3) is 0 Å². The SMILES string of the molecule is CC1CCSC(CCc2ccccc2)N1. The van der Waals surface area contributed by atoms with Gasteiger partial charge in [0.25, 0.3) is 0 Å². The topological polar surface area (TPSA) is 12.0 Å². The first-order valence-electron chi connectivity index (χ1n) is 5.76. The average Bonchev–Trinajstić information content (AvgIpc) is 2.28. The van der Waals surface area contributed by atoms with E-state index in [1.165, 1.54) is 30.6 Å². The summed E-state index contributed by atoms with van der Waals surface area (Å²) in [5.41, 5.74) is 1.46. The van der Waals surface area contributed by atoms with Crippen molar-refractivity contribution >= 4 is 11.8 Å². The fraction of sp³-hybridized carbons (Fsp3) is 0.538. The maximum atomic E-state index is 3.65. The fourth-order valence-corrected chi connectivity index (χ4v) is 3.33. The van der Waals surface area contributed by atoms with Gasteiger partial charge >= 0.3 is 0 Å². The van der Waals surface area contributed by atoms with Gasteiger partial charge in [0, 0.05) is 6.04 Å². The molecule has 1 fully saturated rings. The second-order valence-electron chi connectivity index (χ2n) is 4.24. The zero-order valence-electron chi connectivity index (χ0n) is 9.28. The summed E-state index contributed by atoms with van der Waals surface area (Å²) in [5.74, 6) is 1.31. The molecule has 2 rings (SSSR count). The van der Waals surface area contributed by atoms with E-state index >= 15 is 0 Å². The Balaban J connectivity index is 1.78. The van der Waals surface area contributed by atoms with Crippen molar-refractivity contribution in [3.63, 3.8) is 0 Å². The molecule has 2 unspecified atom stereocenters. The lowest BCUT2D eigenvalue weighted by Gasteiger charge is -2.28. The third kappa shape index (κ3) is 3.54. The lowest BCUT2D eigenvalue weighted by Crippen LogP contribution is -2.39. The molecule has 0 amide bonds. The van der Waals surface area contributed by atoms with Gasteiger partial charge in [-0.25, -0.2) is 0 Å². The Morgan fingerprint density at radius 2 is 2.13 bits per heavy atom. The molecule has 2 atom stereocenters. The van der Waals surface area contributed by atoms with Gasteiger partial charge < -0.3 is 5.32 Å². The van der Waals surface area contributed by atoms with Crippen molar-refractivity contribution in [2.75, 3.05) is 5.75 Å². The van der Waals surface area contributed by atoms with Crippen LogP contribution in [0, 0.1) is 0 Å². The van der Waals surface area contributed by atoms with Gasteiger partial charge in [0.1, 0.15) is 0 Å². The zero-order valence-corrected chi connectivity index (χ0v) is 10.1. The molecule has 1 aliphatic heterocycles. The van der Waals surface area contributed by atoms with Crippen molar-refractivity contribution in [3.05, 3.63) is 35.9 Å². The third-order valence-electron chi connectivity index (χ3n) is 2.88.